The smallest absolute Gasteiger partial charge is 0.344 e. The van der Waals surface area contributed by atoms with Crippen molar-refractivity contribution in [2.24, 2.45) is 0 Å². The average molecular weight is 456 g/mol. The zero-order chi connectivity index (χ0) is 24.7. The number of esters is 1. The van der Waals surface area contributed by atoms with E-state index >= 15 is 0 Å². The zero-order valence-electron chi connectivity index (χ0n) is 20.4. The highest BCUT2D eigenvalue weighted by molar-refractivity contribution is 6.36. The quantitative estimate of drug-likeness (QED) is 0.248. The maximum atomic E-state index is 13.7. The number of nitrogens with zero attached hydrogens (tertiary/aromatic N) is 1. The second kappa shape index (κ2) is 8.90. The number of carbonyl (C=O) groups excluding carboxylic acids is 3. The van der Waals surface area contributed by atoms with Crippen LogP contribution in [0.3, 0.4) is 0 Å². The molecule has 34 heavy (non-hydrogen) atoms. The molecule has 0 N–H and O–H groups in total. The number of carbonyl (C=O) groups is 3. The number of hydrogen-bond donors (Lipinski definition) is 0. The van der Waals surface area contributed by atoms with E-state index in [1.807, 2.05) is 71.9 Å². The number of benzene rings is 3. The molecular formula is C29H29NO4. The highest BCUT2D eigenvalue weighted by Crippen LogP contribution is 2.40. The Morgan fingerprint density at radius 2 is 1.44 bits per heavy atom. The average Bonchev–Trinajstić information content (AvgIpc) is 3.04. The number of hydrogen-bond acceptors (Lipinski definition) is 4. The summed E-state index contributed by atoms with van der Waals surface area (Å²) in [5.41, 5.74) is 4.72. The summed E-state index contributed by atoms with van der Waals surface area (Å²) in [6.07, 6.45) is 0. The predicted octanol–water partition coefficient (Wildman–Crippen LogP) is 6.57. The van der Waals surface area contributed by atoms with Crippen molar-refractivity contribution in [3.63, 3.8) is 0 Å². The van der Waals surface area contributed by atoms with Gasteiger partial charge in [0.15, 0.2) is 0 Å². The van der Waals surface area contributed by atoms with Gasteiger partial charge in [0.25, 0.3) is 11.8 Å². The largest absolute Gasteiger partial charge is 0.423 e. The first-order chi connectivity index (χ1) is 16.1. The summed E-state index contributed by atoms with van der Waals surface area (Å²) in [5.74, 6) is -0.944. The normalized spacial score (nSPS) is 13.1. The van der Waals surface area contributed by atoms with Gasteiger partial charge >= 0.3 is 5.97 Å². The molecule has 0 fully saturated rings. The molecular weight excluding hydrogens is 426 g/mol. The third-order valence-corrected chi connectivity index (χ3v) is 6.23. The lowest BCUT2D eigenvalue weighted by molar-refractivity contribution is 0.0728. The number of fused-ring (bicyclic) bond motifs is 1. The van der Waals surface area contributed by atoms with Gasteiger partial charge in [-0.05, 0) is 60.6 Å². The van der Waals surface area contributed by atoms with Crippen LogP contribution >= 0.6 is 0 Å². The molecule has 0 aromatic heterocycles. The molecule has 1 heterocycles. The number of imide groups is 1. The molecule has 3 aromatic carbocycles. The number of anilines is 1. The van der Waals surface area contributed by atoms with Crippen LogP contribution in [0, 0.1) is 13.8 Å². The molecule has 1 aliphatic heterocycles. The van der Waals surface area contributed by atoms with E-state index < -0.39 is 17.8 Å². The van der Waals surface area contributed by atoms with E-state index in [0.717, 1.165) is 22.3 Å². The second-order valence-corrected chi connectivity index (χ2v) is 9.43. The lowest BCUT2D eigenvalue weighted by atomic mass is 9.92. The van der Waals surface area contributed by atoms with Crippen molar-refractivity contribution in [2.75, 3.05) is 4.90 Å². The maximum absolute atomic E-state index is 13.7. The SMILES string of the molecule is Cc1ccc(OC(=O)c2cccc3c2C(=O)N(c2c(C(C)C)cccc2C(C)C)C3=O)c(C)c1. The summed E-state index contributed by atoms with van der Waals surface area (Å²) in [6, 6.07) is 16.1. The number of rotatable bonds is 5. The molecule has 2 amide bonds. The van der Waals surface area contributed by atoms with E-state index in [1.54, 1.807) is 18.2 Å². The molecule has 0 spiro atoms. The lowest BCUT2D eigenvalue weighted by Crippen LogP contribution is -2.32. The fraction of sp³-hybridized carbons (Fsp3) is 0.276. The topological polar surface area (TPSA) is 63.7 Å². The van der Waals surface area contributed by atoms with Gasteiger partial charge in [0.2, 0.25) is 0 Å². The molecule has 4 rings (SSSR count). The van der Waals surface area contributed by atoms with Crippen LogP contribution in [0.15, 0.2) is 54.6 Å². The lowest BCUT2D eigenvalue weighted by Gasteiger charge is -2.25. The molecule has 0 bridgehead atoms. The first-order valence-electron chi connectivity index (χ1n) is 11.6. The highest BCUT2D eigenvalue weighted by Gasteiger charge is 2.42. The van der Waals surface area contributed by atoms with E-state index in [4.69, 9.17) is 4.74 Å². The van der Waals surface area contributed by atoms with Crippen LogP contribution in [0.5, 0.6) is 5.75 Å². The molecule has 0 unspecified atom stereocenters. The van der Waals surface area contributed by atoms with Crippen molar-refractivity contribution in [3.05, 3.63) is 93.5 Å². The number of aryl methyl sites for hydroxylation is 2. The fourth-order valence-electron chi connectivity index (χ4n) is 4.50. The van der Waals surface area contributed by atoms with Crippen LogP contribution in [0.25, 0.3) is 0 Å². The predicted molar refractivity (Wildman–Crippen MR) is 133 cm³/mol. The summed E-state index contributed by atoms with van der Waals surface area (Å²) in [6.45, 7) is 12.0. The van der Waals surface area contributed by atoms with Gasteiger partial charge in [-0.15, -0.1) is 0 Å². The summed E-state index contributed by atoms with van der Waals surface area (Å²) >= 11 is 0. The summed E-state index contributed by atoms with van der Waals surface area (Å²) in [7, 11) is 0. The summed E-state index contributed by atoms with van der Waals surface area (Å²) < 4.78 is 5.64. The van der Waals surface area contributed by atoms with Crippen LogP contribution in [0.4, 0.5) is 5.69 Å². The van der Waals surface area contributed by atoms with Crippen LogP contribution in [0.1, 0.15) is 92.9 Å². The van der Waals surface area contributed by atoms with Crippen LogP contribution in [-0.4, -0.2) is 17.8 Å². The van der Waals surface area contributed by atoms with E-state index in [-0.39, 0.29) is 28.5 Å². The third kappa shape index (κ3) is 3.92. The number of para-hydroxylation sites is 1. The van der Waals surface area contributed by atoms with Crippen molar-refractivity contribution in [2.45, 2.75) is 53.4 Å². The Balaban J connectivity index is 1.80. The Bertz CT molecular complexity index is 1290. The Labute approximate surface area is 200 Å². The van der Waals surface area contributed by atoms with E-state index in [1.165, 1.54) is 11.0 Å². The number of ether oxygens (including phenoxy) is 1. The molecule has 5 nitrogen and oxygen atoms in total. The Hall–Kier alpha value is -3.73. The van der Waals surface area contributed by atoms with Crippen LogP contribution < -0.4 is 9.64 Å². The fourth-order valence-corrected chi connectivity index (χ4v) is 4.50. The highest BCUT2D eigenvalue weighted by atomic mass is 16.5. The second-order valence-electron chi connectivity index (χ2n) is 9.43. The van der Waals surface area contributed by atoms with Crippen molar-refractivity contribution in [1.29, 1.82) is 0 Å². The molecule has 0 saturated heterocycles. The third-order valence-electron chi connectivity index (χ3n) is 6.23. The van der Waals surface area contributed by atoms with Gasteiger partial charge in [0, 0.05) is 0 Å². The number of amides is 2. The van der Waals surface area contributed by atoms with E-state index in [9.17, 15) is 14.4 Å². The van der Waals surface area contributed by atoms with Gasteiger partial charge in [-0.25, -0.2) is 9.69 Å². The summed E-state index contributed by atoms with van der Waals surface area (Å²) in [5, 5.41) is 0. The van der Waals surface area contributed by atoms with Crippen molar-refractivity contribution >= 4 is 23.5 Å². The van der Waals surface area contributed by atoms with Gasteiger partial charge in [0.1, 0.15) is 5.75 Å². The minimum absolute atomic E-state index is 0.0893. The van der Waals surface area contributed by atoms with Gasteiger partial charge in [-0.1, -0.05) is 69.7 Å². The van der Waals surface area contributed by atoms with E-state index in [2.05, 4.69) is 0 Å². The van der Waals surface area contributed by atoms with Gasteiger partial charge in [-0.2, -0.15) is 0 Å². The molecule has 3 aromatic rings. The van der Waals surface area contributed by atoms with Crippen molar-refractivity contribution in [1.82, 2.24) is 0 Å². The maximum Gasteiger partial charge on any atom is 0.344 e. The van der Waals surface area contributed by atoms with Crippen molar-refractivity contribution < 1.29 is 19.1 Å². The molecule has 0 radical (unpaired) electrons. The minimum atomic E-state index is -0.659. The van der Waals surface area contributed by atoms with Gasteiger partial charge < -0.3 is 4.74 Å². The van der Waals surface area contributed by atoms with E-state index in [0.29, 0.717) is 11.4 Å². The van der Waals surface area contributed by atoms with Gasteiger partial charge in [-0.3, -0.25) is 9.59 Å². The Morgan fingerprint density at radius 1 is 0.824 bits per heavy atom. The zero-order valence-corrected chi connectivity index (χ0v) is 20.4. The first kappa shape index (κ1) is 23.4. The minimum Gasteiger partial charge on any atom is -0.423 e. The van der Waals surface area contributed by atoms with Crippen LogP contribution in [-0.2, 0) is 0 Å². The molecule has 174 valence electrons. The molecule has 5 heteroatoms. The molecule has 0 atom stereocenters. The standard InChI is InChI=1S/C29H29NO4/c1-16(2)20-9-7-10-21(17(3)4)26(20)30-27(31)22-11-8-12-23(25(22)28(30)32)29(33)34-24-14-13-18(5)15-19(24)6/h7-17H,1-6H3. The van der Waals surface area contributed by atoms with Gasteiger partial charge in [0.05, 0.1) is 22.4 Å². The molecule has 0 aliphatic carbocycles. The molecule has 0 saturated carbocycles. The summed E-state index contributed by atoms with van der Waals surface area (Å²) in [4.78, 5) is 41.7. The molecule has 1 aliphatic rings. The monoisotopic (exact) mass is 455 g/mol. The van der Waals surface area contributed by atoms with Crippen LogP contribution in [0.2, 0.25) is 0 Å². The van der Waals surface area contributed by atoms with Crippen molar-refractivity contribution in [3.8, 4) is 5.75 Å². The Kier molecular flexibility index (Phi) is 6.13. The first-order valence-corrected chi connectivity index (χ1v) is 11.6. The Morgan fingerprint density at radius 3 is 2.03 bits per heavy atom.